The molecule has 1 aromatic carbocycles. The van der Waals surface area contributed by atoms with E-state index in [0.717, 1.165) is 0 Å². The summed E-state index contributed by atoms with van der Waals surface area (Å²) >= 11 is 5.79. The van der Waals surface area contributed by atoms with Gasteiger partial charge >= 0.3 is 0 Å². The van der Waals surface area contributed by atoms with Crippen molar-refractivity contribution in [2.45, 2.75) is 6.10 Å². The molecule has 0 fully saturated rings. The second kappa shape index (κ2) is 4.59. The molecule has 0 saturated carbocycles. The molecular formula is C9H11ClFNO2. The van der Waals surface area contributed by atoms with Crippen LogP contribution in [0.25, 0.3) is 0 Å². The lowest BCUT2D eigenvalue weighted by atomic mass is 10.1. The fraction of sp³-hybridized carbons (Fsp3) is 0.333. The SMILES string of the molecule is COc1c(F)ccc(Cl)c1C(O)CN. The molecule has 1 unspecified atom stereocenters. The zero-order valence-corrected chi connectivity index (χ0v) is 8.38. The highest BCUT2D eigenvalue weighted by Gasteiger charge is 2.19. The predicted molar refractivity (Wildman–Crippen MR) is 52.0 cm³/mol. The van der Waals surface area contributed by atoms with E-state index in [9.17, 15) is 9.50 Å². The summed E-state index contributed by atoms with van der Waals surface area (Å²) in [6.45, 7) is -0.0421. The van der Waals surface area contributed by atoms with Crippen LogP contribution in [0.5, 0.6) is 5.75 Å². The van der Waals surface area contributed by atoms with Gasteiger partial charge in [-0.15, -0.1) is 0 Å². The van der Waals surface area contributed by atoms with Crippen LogP contribution < -0.4 is 10.5 Å². The lowest BCUT2D eigenvalue weighted by Crippen LogP contribution is -2.13. The second-order valence-electron chi connectivity index (χ2n) is 2.73. The lowest BCUT2D eigenvalue weighted by Gasteiger charge is -2.15. The highest BCUT2D eigenvalue weighted by molar-refractivity contribution is 6.31. The Kier molecular flexibility index (Phi) is 3.69. The largest absolute Gasteiger partial charge is 0.493 e. The van der Waals surface area contributed by atoms with Gasteiger partial charge in [-0.3, -0.25) is 0 Å². The third kappa shape index (κ3) is 1.97. The smallest absolute Gasteiger partial charge is 0.165 e. The zero-order valence-electron chi connectivity index (χ0n) is 7.63. The molecular weight excluding hydrogens is 209 g/mol. The van der Waals surface area contributed by atoms with Gasteiger partial charge in [0.15, 0.2) is 11.6 Å². The molecule has 3 nitrogen and oxygen atoms in total. The van der Waals surface area contributed by atoms with Gasteiger partial charge in [-0.2, -0.15) is 0 Å². The van der Waals surface area contributed by atoms with Gasteiger partial charge in [-0.25, -0.2) is 4.39 Å². The Hall–Kier alpha value is -0.840. The molecule has 78 valence electrons. The van der Waals surface area contributed by atoms with Crippen molar-refractivity contribution in [3.05, 3.63) is 28.5 Å². The summed E-state index contributed by atoms with van der Waals surface area (Å²) in [5.74, 6) is -0.630. The zero-order chi connectivity index (χ0) is 10.7. The summed E-state index contributed by atoms with van der Waals surface area (Å²) in [6, 6.07) is 2.53. The molecule has 1 aromatic rings. The third-order valence-electron chi connectivity index (χ3n) is 1.86. The van der Waals surface area contributed by atoms with Gasteiger partial charge in [-0.05, 0) is 12.1 Å². The molecule has 3 N–H and O–H groups in total. The Balaban J connectivity index is 3.29. The summed E-state index contributed by atoms with van der Waals surface area (Å²) in [5, 5.41) is 9.73. The van der Waals surface area contributed by atoms with Gasteiger partial charge in [-0.1, -0.05) is 11.6 Å². The van der Waals surface area contributed by atoms with Crippen LogP contribution in [0.3, 0.4) is 0 Å². The van der Waals surface area contributed by atoms with Crippen LogP contribution in [0.2, 0.25) is 5.02 Å². The molecule has 0 amide bonds. The van der Waals surface area contributed by atoms with Crippen LogP contribution in [0.15, 0.2) is 12.1 Å². The van der Waals surface area contributed by atoms with E-state index in [1.165, 1.54) is 19.2 Å². The lowest BCUT2D eigenvalue weighted by molar-refractivity contribution is 0.181. The first-order valence-corrected chi connectivity index (χ1v) is 4.39. The number of benzene rings is 1. The van der Waals surface area contributed by atoms with E-state index >= 15 is 0 Å². The number of hydrogen-bond acceptors (Lipinski definition) is 3. The monoisotopic (exact) mass is 219 g/mol. The van der Waals surface area contributed by atoms with Gasteiger partial charge in [0.05, 0.1) is 18.2 Å². The minimum absolute atomic E-state index is 0.0421. The van der Waals surface area contributed by atoms with Crippen LogP contribution in [-0.4, -0.2) is 18.8 Å². The minimum atomic E-state index is -1.02. The molecule has 5 heteroatoms. The molecule has 0 bridgehead atoms. The maximum Gasteiger partial charge on any atom is 0.165 e. The highest BCUT2D eigenvalue weighted by atomic mass is 35.5. The number of aliphatic hydroxyl groups excluding tert-OH is 1. The molecule has 0 spiro atoms. The maximum atomic E-state index is 13.2. The first-order valence-electron chi connectivity index (χ1n) is 4.01. The van der Waals surface area contributed by atoms with Crippen molar-refractivity contribution in [3.63, 3.8) is 0 Å². The molecule has 0 aliphatic carbocycles. The van der Waals surface area contributed by atoms with Crippen LogP contribution in [-0.2, 0) is 0 Å². The number of aliphatic hydroxyl groups is 1. The fourth-order valence-electron chi connectivity index (χ4n) is 1.18. The molecule has 0 radical (unpaired) electrons. The van der Waals surface area contributed by atoms with E-state index in [1.54, 1.807) is 0 Å². The van der Waals surface area contributed by atoms with Crippen LogP contribution in [0.1, 0.15) is 11.7 Å². The Morgan fingerprint density at radius 3 is 2.79 bits per heavy atom. The van der Waals surface area contributed by atoms with Gasteiger partial charge in [0.25, 0.3) is 0 Å². The maximum absolute atomic E-state index is 13.2. The van der Waals surface area contributed by atoms with Crippen LogP contribution >= 0.6 is 11.6 Å². The molecule has 1 rings (SSSR count). The van der Waals surface area contributed by atoms with E-state index in [-0.39, 0.29) is 22.9 Å². The molecule has 0 aromatic heterocycles. The van der Waals surface area contributed by atoms with Crippen molar-refractivity contribution >= 4 is 11.6 Å². The molecule has 0 heterocycles. The first-order chi connectivity index (χ1) is 6.61. The van der Waals surface area contributed by atoms with E-state index in [0.29, 0.717) is 0 Å². The number of methoxy groups -OCH3 is 1. The highest BCUT2D eigenvalue weighted by Crippen LogP contribution is 2.33. The summed E-state index contributed by atoms with van der Waals surface area (Å²) in [4.78, 5) is 0. The van der Waals surface area contributed by atoms with Crippen molar-refractivity contribution in [1.82, 2.24) is 0 Å². The van der Waals surface area contributed by atoms with Gasteiger partial charge in [0.2, 0.25) is 0 Å². The Morgan fingerprint density at radius 1 is 1.64 bits per heavy atom. The van der Waals surface area contributed by atoms with E-state index < -0.39 is 11.9 Å². The Morgan fingerprint density at radius 2 is 2.29 bits per heavy atom. The summed E-state index contributed by atoms with van der Waals surface area (Å²) < 4.78 is 18.0. The van der Waals surface area contributed by atoms with Crippen molar-refractivity contribution in [1.29, 1.82) is 0 Å². The number of nitrogens with two attached hydrogens (primary N) is 1. The van der Waals surface area contributed by atoms with Gasteiger partial charge < -0.3 is 15.6 Å². The summed E-state index contributed by atoms with van der Waals surface area (Å²) in [6.07, 6.45) is -1.02. The van der Waals surface area contributed by atoms with Gasteiger partial charge in [0.1, 0.15) is 0 Å². The van der Waals surface area contributed by atoms with Crippen molar-refractivity contribution in [2.75, 3.05) is 13.7 Å². The fourth-order valence-corrected chi connectivity index (χ4v) is 1.46. The van der Waals surface area contributed by atoms with E-state index in [4.69, 9.17) is 22.1 Å². The van der Waals surface area contributed by atoms with E-state index in [1.807, 2.05) is 0 Å². The molecule has 0 aliphatic heterocycles. The Bertz CT molecular complexity index is 333. The standard InChI is InChI=1S/C9H11ClFNO2/c1-14-9-6(11)3-2-5(10)8(9)7(13)4-12/h2-3,7,13H,4,12H2,1H3. The number of ether oxygens (including phenoxy) is 1. The molecule has 0 saturated heterocycles. The summed E-state index contributed by atoms with van der Waals surface area (Å²) in [5.41, 5.74) is 5.45. The number of rotatable bonds is 3. The quantitative estimate of drug-likeness (QED) is 0.810. The average molecular weight is 220 g/mol. The van der Waals surface area contributed by atoms with Crippen LogP contribution in [0, 0.1) is 5.82 Å². The van der Waals surface area contributed by atoms with Gasteiger partial charge in [0, 0.05) is 12.1 Å². The minimum Gasteiger partial charge on any atom is -0.493 e. The Labute approximate surface area is 86.2 Å². The number of halogens is 2. The van der Waals surface area contributed by atoms with E-state index in [2.05, 4.69) is 0 Å². The van der Waals surface area contributed by atoms with Crippen molar-refractivity contribution < 1.29 is 14.2 Å². The third-order valence-corrected chi connectivity index (χ3v) is 2.19. The topological polar surface area (TPSA) is 55.5 Å². The molecule has 0 aliphatic rings. The van der Waals surface area contributed by atoms with Crippen molar-refractivity contribution in [2.24, 2.45) is 5.73 Å². The van der Waals surface area contributed by atoms with Crippen molar-refractivity contribution in [3.8, 4) is 5.75 Å². The molecule has 14 heavy (non-hydrogen) atoms. The molecule has 1 atom stereocenters. The second-order valence-corrected chi connectivity index (χ2v) is 3.13. The first kappa shape index (κ1) is 11.2. The summed E-state index contributed by atoms with van der Waals surface area (Å²) in [7, 11) is 1.31. The predicted octanol–water partition coefficient (Wildman–Crippen LogP) is 1.48. The number of hydrogen-bond donors (Lipinski definition) is 2. The normalized spacial score (nSPS) is 12.6. The average Bonchev–Trinajstić information content (AvgIpc) is 2.19. The van der Waals surface area contributed by atoms with Crippen LogP contribution in [0.4, 0.5) is 4.39 Å².